The summed E-state index contributed by atoms with van der Waals surface area (Å²) in [7, 11) is 1.80. The van der Waals surface area contributed by atoms with Gasteiger partial charge in [0.15, 0.2) is 0 Å². The molecule has 1 fully saturated rings. The molecule has 17 heavy (non-hydrogen) atoms. The van der Waals surface area contributed by atoms with Crippen LogP contribution in [0.1, 0.15) is 32.6 Å². The number of hydrogen-bond acceptors (Lipinski definition) is 2. The van der Waals surface area contributed by atoms with E-state index >= 15 is 0 Å². The van der Waals surface area contributed by atoms with Crippen molar-refractivity contribution in [1.29, 1.82) is 0 Å². The summed E-state index contributed by atoms with van der Waals surface area (Å²) in [4.78, 5) is 25.9. The minimum absolute atomic E-state index is 0.0872. The van der Waals surface area contributed by atoms with Crippen LogP contribution in [-0.4, -0.2) is 53.6 Å². The Morgan fingerprint density at radius 2 is 1.94 bits per heavy atom. The topological polar surface area (TPSA) is 60.9 Å². The number of nitrogens with zero attached hydrogens (tertiary/aromatic N) is 2. The fraction of sp³-hybridized carbons (Fsp3) is 0.833. The molecule has 5 nitrogen and oxygen atoms in total. The van der Waals surface area contributed by atoms with Crippen molar-refractivity contribution in [3.63, 3.8) is 0 Å². The van der Waals surface area contributed by atoms with Gasteiger partial charge in [-0.2, -0.15) is 0 Å². The molecule has 0 atom stereocenters. The van der Waals surface area contributed by atoms with Gasteiger partial charge < -0.3 is 14.9 Å². The highest BCUT2D eigenvalue weighted by atomic mass is 16.4. The average molecular weight is 242 g/mol. The molecule has 0 aromatic heterocycles. The zero-order chi connectivity index (χ0) is 12.8. The van der Waals surface area contributed by atoms with E-state index in [0.717, 1.165) is 38.9 Å². The van der Waals surface area contributed by atoms with Crippen molar-refractivity contribution in [3.8, 4) is 0 Å². The van der Waals surface area contributed by atoms with E-state index in [0.29, 0.717) is 5.92 Å². The van der Waals surface area contributed by atoms with Crippen molar-refractivity contribution in [3.05, 3.63) is 0 Å². The van der Waals surface area contributed by atoms with E-state index in [4.69, 9.17) is 5.11 Å². The molecule has 1 aliphatic heterocycles. The second-order valence-electron chi connectivity index (χ2n) is 4.66. The first kappa shape index (κ1) is 13.8. The third-order valence-corrected chi connectivity index (χ3v) is 3.45. The lowest BCUT2D eigenvalue weighted by atomic mass is 9.92. The molecule has 0 aromatic rings. The molecule has 1 aliphatic rings. The van der Waals surface area contributed by atoms with E-state index in [1.807, 2.05) is 11.8 Å². The Labute approximate surface area is 102 Å². The summed E-state index contributed by atoms with van der Waals surface area (Å²) in [6.45, 7) is 4.19. The lowest BCUT2D eigenvalue weighted by Gasteiger charge is -2.34. The predicted octanol–water partition coefficient (Wildman–Crippen LogP) is 1.63. The maximum atomic E-state index is 11.9. The summed E-state index contributed by atoms with van der Waals surface area (Å²) in [6.07, 6.45) is 2.83. The number of carbonyl (C=O) groups excluding carboxylic acids is 1. The maximum absolute atomic E-state index is 11.9. The third kappa shape index (κ3) is 4.24. The molecule has 5 heteroatoms. The number of piperidine rings is 1. The Morgan fingerprint density at radius 3 is 2.41 bits per heavy atom. The standard InChI is InChI=1S/C12H22N2O3/c1-3-13(2)12(17)14-8-6-10(7-9-14)4-5-11(15)16/h10H,3-9H2,1-2H3,(H,15,16). The van der Waals surface area contributed by atoms with E-state index in [2.05, 4.69) is 0 Å². The molecular formula is C12H22N2O3. The Morgan fingerprint density at radius 1 is 1.35 bits per heavy atom. The molecule has 0 aromatic carbocycles. The Bertz CT molecular complexity index is 273. The number of urea groups is 1. The highest BCUT2D eigenvalue weighted by Gasteiger charge is 2.24. The molecule has 2 amide bonds. The summed E-state index contributed by atoms with van der Waals surface area (Å²) >= 11 is 0. The van der Waals surface area contributed by atoms with Crippen LogP contribution in [0.4, 0.5) is 4.79 Å². The number of rotatable bonds is 4. The average Bonchev–Trinajstić information content (AvgIpc) is 2.35. The van der Waals surface area contributed by atoms with Crippen molar-refractivity contribution in [2.45, 2.75) is 32.6 Å². The first-order valence-electron chi connectivity index (χ1n) is 6.26. The van der Waals surface area contributed by atoms with Gasteiger partial charge in [0.1, 0.15) is 0 Å². The van der Waals surface area contributed by atoms with Crippen molar-refractivity contribution >= 4 is 12.0 Å². The van der Waals surface area contributed by atoms with Crippen LogP contribution in [0.3, 0.4) is 0 Å². The number of amides is 2. The molecule has 1 heterocycles. The van der Waals surface area contributed by atoms with E-state index < -0.39 is 5.97 Å². The Kier molecular flexibility index (Phi) is 5.25. The molecule has 0 spiro atoms. The SMILES string of the molecule is CCN(C)C(=O)N1CCC(CCC(=O)O)CC1. The molecule has 0 bridgehead atoms. The Hall–Kier alpha value is -1.26. The summed E-state index contributed by atoms with van der Waals surface area (Å²) in [6, 6.07) is 0.0872. The fourth-order valence-electron chi connectivity index (χ4n) is 2.12. The van der Waals surface area contributed by atoms with Gasteiger partial charge in [0.25, 0.3) is 0 Å². The number of carboxylic acid groups (broad SMARTS) is 1. The van der Waals surface area contributed by atoms with E-state index in [1.54, 1.807) is 11.9 Å². The second-order valence-corrected chi connectivity index (χ2v) is 4.66. The van der Waals surface area contributed by atoms with Gasteiger partial charge in [0.05, 0.1) is 0 Å². The number of carboxylic acids is 1. The van der Waals surface area contributed by atoms with Crippen molar-refractivity contribution in [1.82, 2.24) is 9.80 Å². The normalized spacial score (nSPS) is 16.9. The highest BCUT2D eigenvalue weighted by Crippen LogP contribution is 2.22. The Balaban J connectivity index is 2.30. The fourth-order valence-corrected chi connectivity index (χ4v) is 2.12. The molecule has 1 saturated heterocycles. The van der Waals surface area contributed by atoms with Gasteiger partial charge in [-0.3, -0.25) is 4.79 Å². The van der Waals surface area contributed by atoms with E-state index in [-0.39, 0.29) is 12.5 Å². The van der Waals surface area contributed by atoms with Gasteiger partial charge >= 0.3 is 12.0 Å². The summed E-state index contributed by atoms with van der Waals surface area (Å²) in [5, 5.41) is 8.62. The predicted molar refractivity (Wildman–Crippen MR) is 64.9 cm³/mol. The molecule has 98 valence electrons. The largest absolute Gasteiger partial charge is 0.481 e. The van der Waals surface area contributed by atoms with Crippen LogP contribution in [0.15, 0.2) is 0 Å². The minimum Gasteiger partial charge on any atom is -0.481 e. The van der Waals surface area contributed by atoms with Crippen LogP contribution in [-0.2, 0) is 4.79 Å². The number of aliphatic carboxylic acids is 1. The van der Waals surface area contributed by atoms with Crippen LogP contribution in [0, 0.1) is 5.92 Å². The molecule has 0 aliphatic carbocycles. The van der Waals surface area contributed by atoms with Gasteiger partial charge in [-0.15, -0.1) is 0 Å². The minimum atomic E-state index is -0.728. The second kappa shape index (κ2) is 6.47. The zero-order valence-corrected chi connectivity index (χ0v) is 10.7. The molecule has 0 saturated carbocycles. The van der Waals surface area contributed by atoms with Crippen molar-refractivity contribution in [2.24, 2.45) is 5.92 Å². The first-order valence-corrected chi connectivity index (χ1v) is 6.26. The summed E-state index contributed by atoms with van der Waals surface area (Å²) < 4.78 is 0. The van der Waals surface area contributed by atoms with Crippen molar-refractivity contribution < 1.29 is 14.7 Å². The number of hydrogen-bond donors (Lipinski definition) is 1. The molecular weight excluding hydrogens is 220 g/mol. The lowest BCUT2D eigenvalue weighted by molar-refractivity contribution is -0.137. The number of likely N-dealkylation sites (tertiary alicyclic amines) is 1. The van der Waals surface area contributed by atoms with Gasteiger partial charge in [0, 0.05) is 33.1 Å². The van der Waals surface area contributed by atoms with Crippen LogP contribution < -0.4 is 0 Å². The van der Waals surface area contributed by atoms with Gasteiger partial charge in [0.2, 0.25) is 0 Å². The van der Waals surface area contributed by atoms with Gasteiger partial charge in [-0.05, 0) is 32.1 Å². The quantitative estimate of drug-likeness (QED) is 0.815. The number of carbonyl (C=O) groups is 2. The molecule has 0 unspecified atom stereocenters. The van der Waals surface area contributed by atoms with Gasteiger partial charge in [-0.1, -0.05) is 0 Å². The zero-order valence-electron chi connectivity index (χ0n) is 10.7. The van der Waals surface area contributed by atoms with Gasteiger partial charge in [-0.25, -0.2) is 4.79 Å². The van der Waals surface area contributed by atoms with Crippen LogP contribution in [0.5, 0.6) is 0 Å². The van der Waals surface area contributed by atoms with Crippen LogP contribution in [0.25, 0.3) is 0 Å². The molecule has 1 N–H and O–H groups in total. The van der Waals surface area contributed by atoms with E-state index in [1.165, 1.54) is 0 Å². The molecule has 1 rings (SSSR count). The van der Waals surface area contributed by atoms with Crippen LogP contribution in [0.2, 0.25) is 0 Å². The summed E-state index contributed by atoms with van der Waals surface area (Å²) in [5.41, 5.74) is 0. The highest BCUT2D eigenvalue weighted by molar-refractivity contribution is 5.74. The lowest BCUT2D eigenvalue weighted by Crippen LogP contribution is -2.45. The first-order chi connectivity index (χ1) is 8.04. The van der Waals surface area contributed by atoms with Crippen LogP contribution >= 0.6 is 0 Å². The van der Waals surface area contributed by atoms with Crippen molar-refractivity contribution in [2.75, 3.05) is 26.7 Å². The third-order valence-electron chi connectivity index (χ3n) is 3.45. The van der Waals surface area contributed by atoms with E-state index in [9.17, 15) is 9.59 Å². The molecule has 0 radical (unpaired) electrons. The summed E-state index contributed by atoms with van der Waals surface area (Å²) in [5.74, 6) is -0.267. The maximum Gasteiger partial charge on any atom is 0.319 e. The smallest absolute Gasteiger partial charge is 0.319 e. The monoisotopic (exact) mass is 242 g/mol.